The highest BCUT2D eigenvalue weighted by molar-refractivity contribution is 4.74. The van der Waals surface area contributed by atoms with Crippen molar-refractivity contribution in [2.45, 2.75) is 59.5 Å². The van der Waals surface area contributed by atoms with Gasteiger partial charge in [0.1, 0.15) is 0 Å². The standard InChI is InChI=1S/C9H21NO.C3H8/c1-5-7-9(3,11)8-10(4)6-2;1-3-2/h11H,5-8H2,1-4H3;3H2,1-2H3. The maximum Gasteiger partial charge on any atom is 0.0745 e. The third-order valence-corrected chi connectivity index (χ3v) is 1.94. The SMILES string of the molecule is CCC.CCCC(C)(O)CN(C)CC. The normalized spacial score (nSPS) is 14.6. The number of likely N-dealkylation sites (N-methyl/N-ethyl adjacent to an activating group) is 1. The quantitative estimate of drug-likeness (QED) is 0.742. The van der Waals surface area contributed by atoms with Crippen molar-refractivity contribution >= 4 is 0 Å². The largest absolute Gasteiger partial charge is 0.389 e. The lowest BCUT2D eigenvalue weighted by molar-refractivity contribution is 0.0201. The molecule has 2 nitrogen and oxygen atoms in total. The molecule has 2 heteroatoms. The van der Waals surface area contributed by atoms with Gasteiger partial charge in [0, 0.05) is 6.54 Å². The zero-order valence-corrected chi connectivity index (χ0v) is 10.9. The van der Waals surface area contributed by atoms with Crippen molar-refractivity contribution in [2.24, 2.45) is 0 Å². The minimum Gasteiger partial charge on any atom is -0.389 e. The number of hydrogen-bond donors (Lipinski definition) is 1. The Balaban J connectivity index is 0. The lowest BCUT2D eigenvalue weighted by Gasteiger charge is -2.27. The summed E-state index contributed by atoms with van der Waals surface area (Å²) in [6, 6.07) is 0. The van der Waals surface area contributed by atoms with E-state index in [4.69, 9.17) is 0 Å². The molecule has 0 aliphatic heterocycles. The molecule has 0 radical (unpaired) electrons. The summed E-state index contributed by atoms with van der Waals surface area (Å²) in [5.74, 6) is 0. The van der Waals surface area contributed by atoms with Crippen LogP contribution in [0.5, 0.6) is 0 Å². The first kappa shape index (κ1) is 16.4. The van der Waals surface area contributed by atoms with E-state index < -0.39 is 5.60 Å². The third kappa shape index (κ3) is 11.9. The predicted octanol–water partition coefficient (Wildman–Crippen LogP) is 2.91. The molecule has 1 unspecified atom stereocenters. The molecule has 0 fully saturated rings. The fourth-order valence-electron chi connectivity index (χ4n) is 1.31. The molecule has 0 rings (SSSR count). The predicted molar refractivity (Wildman–Crippen MR) is 64.7 cm³/mol. The van der Waals surface area contributed by atoms with Crippen molar-refractivity contribution in [3.8, 4) is 0 Å². The van der Waals surface area contributed by atoms with Crippen LogP contribution in [0, 0.1) is 0 Å². The first-order valence-corrected chi connectivity index (χ1v) is 5.84. The first-order valence-electron chi connectivity index (χ1n) is 5.84. The topological polar surface area (TPSA) is 23.5 Å². The summed E-state index contributed by atoms with van der Waals surface area (Å²) >= 11 is 0. The van der Waals surface area contributed by atoms with Crippen LogP contribution in [0.2, 0.25) is 0 Å². The van der Waals surface area contributed by atoms with Crippen LogP contribution in [0.3, 0.4) is 0 Å². The van der Waals surface area contributed by atoms with Gasteiger partial charge in [0.05, 0.1) is 5.60 Å². The van der Waals surface area contributed by atoms with E-state index in [2.05, 4.69) is 32.6 Å². The van der Waals surface area contributed by atoms with Crippen molar-refractivity contribution < 1.29 is 5.11 Å². The number of rotatable bonds is 5. The van der Waals surface area contributed by atoms with Gasteiger partial charge in [-0.25, -0.2) is 0 Å². The molecule has 14 heavy (non-hydrogen) atoms. The van der Waals surface area contributed by atoms with E-state index in [-0.39, 0.29) is 0 Å². The van der Waals surface area contributed by atoms with Gasteiger partial charge in [0.2, 0.25) is 0 Å². The molecule has 0 aromatic heterocycles. The average Bonchev–Trinajstić information content (AvgIpc) is 2.04. The molecule has 0 amide bonds. The molecule has 0 heterocycles. The Bertz CT molecular complexity index is 113. The minimum atomic E-state index is -0.500. The van der Waals surface area contributed by atoms with Gasteiger partial charge in [-0.1, -0.05) is 40.5 Å². The van der Waals surface area contributed by atoms with Crippen molar-refractivity contribution in [1.29, 1.82) is 0 Å². The molecule has 0 aromatic carbocycles. The Kier molecular flexibility index (Phi) is 11.1. The van der Waals surface area contributed by atoms with E-state index >= 15 is 0 Å². The second-order valence-electron chi connectivity index (χ2n) is 4.28. The Morgan fingerprint density at radius 1 is 1.14 bits per heavy atom. The van der Waals surface area contributed by atoms with Crippen LogP contribution in [-0.4, -0.2) is 35.7 Å². The van der Waals surface area contributed by atoms with Crippen molar-refractivity contribution in [3.63, 3.8) is 0 Å². The molecule has 0 aromatic rings. The molecule has 0 aliphatic carbocycles. The Hall–Kier alpha value is -0.0800. The van der Waals surface area contributed by atoms with E-state index in [1.807, 2.05) is 14.0 Å². The fourth-order valence-corrected chi connectivity index (χ4v) is 1.31. The summed E-state index contributed by atoms with van der Waals surface area (Å²) in [5, 5.41) is 9.77. The molecule has 88 valence electrons. The molecule has 0 bridgehead atoms. The molecule has 1 atom stereocenters. The van der Waals surface area contributed by atoms with Gasteiger partial charge in [0.15, 0.2) is 0 Å². The van der Waals surface area contributed by atoms with Gasteiger partial charge in [-0.3, -0.25) is 0 Å². The molecule has 0 aliphatic rings. The van der Waals surface area contributed by atoms with E-state index in [0.717, 1.165) is 25.9 Å². The fraction of sp³-hybridized carbons (Fsp3) is 1.00. The molecular weight excluding hydrogens is 174 g/mol. The van der Waals surface area contributed by atoms with Crippen LogP contribution < -0.4 is 0 Å². The van der Waals surface area contributed by atoms with Crippen LogP contribution in [0.4, 0.5) is 0 Å². The first-order chi connectivity index (χ1) is 6.43. The molecular formula is C12H29NO. The number of hydrogen-bond acceptors (Lipinski definition) is 2. The van der Waals surface area contributed by atoms with Crippen molar-refractivity contribution in [3.05, 3.63) is 0 Å². The average molecular weight is 203 g/mol. The molecule has 0 saturated carbocycles. The summed E-state index contributed by atoms with van der Waals surface area (Å²) < 4.78 is 0. The zero-order chi connectivity index (χ0) is 11.6. The highest BCUT2D eigenvalue weighted by Gasteiger charge is 2.19. The molecule has 1 N–H and O–H groups in total. The lowest BCUT2D eigenvalue weighted by Crippen LogP contribution is -2.38. The summed E-state index contributed by atoms with van der Waals surface area (Å²) in [7, 11) is 2.03. The second-order valence-corrected chi connectivity index (χ2v) is 4.28. The van der Waals surface area contributed by atoms with E-state index in [0.29, 0.717) is 0 Å². The van der Waals surface area contributed by atoms with Gasteiger partial charge in [-0.2, -0.15) is 0 Å². The van der Waals surface area contributed by atoms with Crippen molar-refractivity contribution in [2.75, 3.05) is 20.1 Å². The van der Waals surface area contributed by atoms with Crippen LogP contribution >= 0.6 is 0 Å². The molecule has 0 spiro atoms. The van der Waals surface area contributed by atoms with Crippen molar-refractivity contribution in [1.82, 2.24) is 4.90 Å². The van der Waals surface area contributed by atoms with E-state index in [1.54, 1.807) is 0 Å². The Morgan fingerprint density at radius 2 is 1.57 bits per heavy atom. The third-order valence-electron chi connectivity index (χ3n) is 1.94. The van der Waals surface area contributed by atoms with Crippen LogP contribution in [0.15, 0.2) is 0 Å². The molecule has 0 saturated heterocycles. The maximum atomic E-state index is 9.77. The minimum absolute atomic E-state index is 0.500. The lowest BCUT2D eigenvalue weighted by atomic mass is 10.0. The van der Waals surface area contributed by atoms with Gasteiger partial charge in [0.25, 0.3) is 0 Å². The Labute approximate surface area is 90.3 Å². The van der Waals surface area contributed by atoms with Gasteiger partial charge in [-0.05, 0) is 26.9 Å². The number of nitrogens with zero attached hydrogens (tertiary/aromatic N) is 1. The highest BCUT2D eigenvalue weighted by atomic mass is 16.3. The van der Waals surface area contributed by atoms with E-state index in [1.165, 1.54) is 6.42 Å². The van der Waals surface area contributed by atoms with Gasteiger partial charge >= 0.3 is 0 Å². The van der Waals surface area contributed by atoms with E-state index in [9.17, 15) is 5.11 Å². The zero-order valence-electron chi connectivity index (χ0n) is 10.9. The summed E-state index contributed by atoms with van der Waals surface area (Å²) in [6.07, 6.45) is 3.18. The summed E-state index contributed by atoms with van der Waals surface area (Å²) in [6.45, 7) is 12.1. The van der Waals surface area contributed by atoms with Gasteiger partial charge in [-0.15, -0.1) is 0 Å². The van der Waals surface area contributed by atoms with Crippen LogP contribution in [0.25, 0.3) is 0 Å². The van der Waals surface area contributed by atoms with Crippen LogP contribution in [0.1, 0.15) is 53.9 Å². The maximum absolute atomic E-state index is 9.77. The summed E-state index contributed by atoms with van der Waals surface area (Å²) in [4.78, 5) is 2.13. The summed E-state index contributed by atoms with van der Waals surface area (Å²) in [5.41, 5.74) is -0.500. The van der Waals surface area contributed by atoms with Gasteiger partial charge < -0.3 is 10.0 Å². The second kappa shape index (κ2) is 9.47. The monoisotopic (exact) mass is 203 g/mol. The highest BCUT2D eigenvalue weighted by Crippen LogP contribution is 2.12. The van der Waals surface area contributed by atoms with Crippen LogP contribution in [-0.2, 0) is 0 Å². The number of aliphatic hydroxyl groups is 1. The smallest absolute Gasteiger partial charge is 0.0745 e. The Morgan fingerprint density at radius 3 is 1.86 bits per heavy atom.